The number of allylic oxidation sites excluding steroid dienone is 1. The van der Waals surface area contributed by atoms with Crippen LogP contribution >= 0.6 is 0 Å². The number of fused-ring (bicyclic) bond motifs is 1. The average molecular weight is 160 g/mol. The summed E-state index contributed by atoms with van der Waals surface area (Å²) in [5.41, 5.74) is 3.28. The van der Waals surface area contributed by atoms with Gasteiger partial charge in [-0.3, -0.25) is 0 Å². The van der Waals surface area contributed by atoms with Crippen molar-refractivity contribution in [2.45, 2.75) is 6.92 Å². The second kappa shape index (κ2) is 2.21. The lowest BCUT2D eigenvalue weighted by molar-refractivity contribution is -0.130. The number of carboxylic acids is 1. The molecule has 0 bridgehead atoms. The maximum atomic E-state index is 10.7. The molecule has 0 radical (unpaired) electrons. The Morgan fingerprint density at radius 3 is 2.42 bits per heavy atom. The van der Waals surface area contributed by atoms with Crippen molar-refractivity contribution in [2.75, 3.05) is 0 Å². The molecule has 0 unspecified atom stereocenters. The summed E-state index contributed by atoms with van der Waals surface area (Å²) in [6.07, 6.45) is 0. The largest absolute Gasteiger partial charge is 0.478 e. The Labute approximate surface area is 70.2 Å². The average Bonchev–Trinajstić information content (AvgIpc) is 2.03. The summed E-state index contributed by atoms with van der Waals surface area (Å²) in [6, 6.07) is 7.55. The van der Waals surface area contributed by atoms with Crippen molar-refractivity contribution in [3.05, 3.63) is 35.4 Å². The van der Waals surface area contributed by atoms with Gasteiger partial charge in [0.2, 0.25) is 0 Å². The predicted molar refractivity (Wildman–Crippen MR) is 46.6 cm³/mol. The highest BCUT2D eigenvalue weighted by Gasteiger charge is 2.26. The highest BCUT2D eigenvalue weighted by atomic mass is 16.4. The minimum absolute atomic E-state index is 0.464. The van der Waals surface area contributed by atoms with Crippen LogP contribution in [-0.4, -0.2) is 11.1 Å². The van der Waals surface area contributed by atoms with Gasteiger partial charge in [0, 0.05) is 0 Å². The summed E-state index contributed by atoms with van der Waals surface area (Å²) in [5, 5.41) is 8.79. The molecule has 2 heteroatoms. The first kappa shape index (κ1) is 7.10. The molecule has 1 aliphatic rings. The number of hydrogen-bond donors (Lipinski definition) is 1. The fraction of sp³-hybridized carbons (Fsp3) is 0.100. The molecule has 0 spiro atoms. The lowest BCUT2D eigenvalue weighted by atomic mass is 9.81. The van der Waals surface area contributed by atoms with Crippen LogP contribution in [0, 0.1) is 0 Å². The quantitative estimate of drug-likeness (QED) is 0.682. The Balaban J connectivity index is 2.56. The van der Waals surface area contributed by atoms with Crippen LogP contribution in [0.5, 0.6) is 0 Å². The Morgan fingerprint density at radius 2 is 1.83 bits per heavy atom. The third-order valence-corrected chi connectivity index (χ3v) is 2.19. The Kier molecular flexibility index (Phi) is 1.30. The van der Waals surface area contributed by atoms with E-state index in [1.54, 1.807) is 0 Å². The van der Waals surface area contributed by atoms with E-state index >= 15 is 0 Å². The van der Waals surface area contributed by atoms with E-state index in [0.717, 1.165) is 16.7 Å². The van der Waals surface area contributed by atoms with Crippen LogP contribution in [0.3, 0.4) is 0 Å². The zero-order valence-electron chi connectivity index (χ0n) is 6.66. The lowest BCUT2D eigenvalue weighted by Gasteiger charge is -2.21. The molecule has 0 saturated heterocycles. The summed E-state index contributed by atoms with van der Waals surface area (Å²) in [6.45, 7) is 1.84. The number of carbonyl (C=O) groups is 1. The molecule has 60 valence electrons. The van der Waals surface area contributed by atoms with Gasteiger partial charge in [-0.2, -0.15) is 0 Å². The SMILES string of the molecule is CC1=C(C(=O)O)c2ccccc21. The number of hydrogen-bond acceptors (Lipinski definition) is 1. The smallest absolute Gasteiger partial charge is 0.336 e. The molecular weight excluding hydrogens is 152 g/mol. The van der Waals surface area contributed by atoms with Crippen molar-refractivity contribution in [3.8, 4) is 0 Å². The van der Waals surface area contributed by atoms with E-state index in [1.807, 2.05) is 31.2 Å². The molecule has 0 atom stereocenters. The van der Waals surface area contributed by atoms with Gasteiger partial charge in [-0.05, 0) is 23.6 Å². The van der Waals surface area contributed by atoms with E-state index in [4.69, 9.17) is 5.11 Å². The first-order valence-electron chi connectivity index (χ1n) is 3.76. The van der Waals surface area contributed by atoms with Crippen LogP contribution in [0.4, 0.5) is 0 Å². The normalized spacial score (nSPS) is 13.8. The summed E-state index contributed by atoms with van der Waals surface area (Å²) in [7, 11) is 0. The van der Waals surface area contributed by atoms with Gasteiger partial charge >= 0.3 is 5.97 Å². The Morgan fingerprint density at radius 1 is 1.25 bits per heavy atom. The topological polar surface area (TPSA) is 37.3 Å². The molecule has 0 saturated carbocycles. The van der Waals surface area contributed by atoms with E-state index < -0.39 is 5.97 Å². The van der Waals surface area contributed by atoms with Crippen LogP contribution < -0.4 is 0 Å². The summed E-state index contributed by atoms with van der Waals surface area (Å²) in [5.74, 6) is -0.828. The Bertz CT molecular complexity index is 389. The van der Waals surface area contributed by atoms with Crippen molar-refractivity contribution in [1.82, 2.24) is 0 Å². The van der Waals surface area contributed by atoms with Crippen molar-refractivity contribution >= 4 is 17.1 Å². The summed E-state index contributed by atoms with van der Waals surface area (Å²) < 4.78 is 0. The van der Waals surface area contributed by atoms with Gasteiger partial charge in [-0.25, -0.2) is 4.79 Å². The van der Waals surface area contributed by atoms with Crippen LogP contribution in [0.1, 0.15) is 18.1 Å². The Hall–Kier alpha value is -1.57. The van der Waals surface area contributed by atoms with E-state index in [-0.39, 0.29) is 0 Å². The summed E-state index contributed by atoms with van der Waals surface area (Å²) >= 11 is 0. The van der Waals surface area contributed by atoms with Crippen molar-refractivity contribution in [2.24, 2.45) is 0 Å². The second-order valence-electron chi connectivity index (χ2n) is 2.85. The zero-order chi connectivity index (χ0) is 8.72. The standard InChI is InChI=1S/C10H8O2/c1-6-7-4-2-3-5-8(7)9(6)10(11)12/h2-5H,1H3,(H,11,12). The molecule has 0 aliphatic heterocycles. The molecule has 0 heterocycles. The maximum Gasteiger partial charge on any atom is 0.336 e. The van der Waals surface area contributed by atoms with Gasteiger partial charge in [0.25, 0.3) is 0 Å². The minimum Gasteiger partial charge on any atom is -0.478 e. The van der Waals surface area contributed by atoms with E-state index in [1.165, 1.54) is 0 Å². The molecule has 1 aliphatic carbocycles. The van der Waals surface area contributed by atoms with Gasteiger partial charge in [-0.1, -0.05) is 24.3 Å². The number of benzene rings is 1. The molecule has 2 nitrogen and oxygen atoms in total. The minimum atomic E-state index is -0.828. The number of carboxylic acid groups (broad SMARTS) is 1. The highest BCUT2D eigenvalue weighted by molar-refractivity contribution is 6.29. The van der Waals surface area contributed by atoms with Crippen LogP contribution in [0.15, 0.2) is 24.3 Å². The van der Waals surface area contributed by atoms with Gasteiger partial charge in [0.15, 0.2) is 0 Å². The number of aliphatic carboxylic acids is 1. The maximum absolute atomic E-state index is 10.7. The van der Waals surface area contributed by atoms with Gasteiger partial charge in [-0.15, -0.1) is 0 Å². The molecule has 12 heavy (non-hydrogen) atoms. The third kappa shape index (κ3) is 0.720. The van der Waals surface area contributed by atoms with Crippen LogP contribution in [0.25, 0.3) is 11.1 Å². The molecular formula is C10H8O2. The van der Waals surface area contributed by atoms with Crippen molar-refractivity contribution in [1.29, 1.82) is 0 Å². The van der Waals surface area contributed by atoms with E-state index in [2.05, 4.69) is 0 Å². The van der Waals surface area contributed by atoms with E-state index in [0.29, 0.717) is 5.57 Å². The first-order chi connectivity index (χ1) is 5.72. The fourth-order valence-corrected chi connectivity index (χ4v) is 1.58. The molecule has 1 aromatic rings. The van der Waals surface area contributed by atoms with E-state index in [9.17, 15) is 4.79 Å². The van der Waals surface area contributed by atoms with Gasteiger partial charge < -0.3 is 5.11 Å². The third-order valence-electron chi connectivity index (χ3n) is 2.19. The molecule has 0 amide bonds. The lowest BCUT2D eigenvalue weighted by Crippen LogP contribution is -2.11. The van der Waals surface area contributed by atoms with Crippen LogP contribution in [0.2, 0.25) is 0 Å². The summed E-state index contributed by atoms with van der Waals surface area (Å²) in [4.78, 5) is 10.7. The second-order valence-corrected chi connectivity index (χ2v) is 2.85. The van der Waals surface area contributed by atoms with Gasteiger partial charge in [0.05, 0.1) is 5.57 Å². The predicted octanol–water partition coefficient (Wildman–Crippen LogP) is 2.02. The number of rotatable bonds is 1. The molecule has 1 N–H and O–H groups in total. The first-order valence-corrected chi connectivity index (χ1v) is 3.76. The molecule has 0 fully saturated rings. The monoisotopic (exact) mass is 160 g/mol. The highest BCUT2D eigenvalue weighted by Crippen LogP contribution is 2.39. The van der Waals surface area contributed by atoms with Crippen molar-refractivity contribution in [3.63, 3.8) is 0 Å². The van der Waals surface area contributed by atoms with Crippen molar-refractivity contribution < 1.29 is 9.90 Å². The zero-order valence-corrected chi connectivity index (χ0v) is 6.66. The molecule has 1 aromatic carbocycles. The van der Waals surface area contributed by atoms with Crippen LogP contribution in [-0.2, 0) is 4.79 Å². The molecule has 2 rings (SSSR count). The fourth-order valence-electron chi connectivity index (χ4n) is 1.58. The molecule has 0 aromatic heterocycles. The van der Waals surface area contributed by atoms with Gasteiger partial charge in [0.1, 0.15) is 0 Å².